The van der Waals surface area contributed by atoms with Gasteiger partial charge in [0.05, 0.1) is 6.10 Å². The van der Waals surface area contributed by atoms with Gasteiger partial charge < -0.3 is 15.0 Å². The Balaban J connectivity index is 0.000000178. The molecule has 0 radical (unpaired) electrons. The number of nitrogens with zero attached hydrogens (tertiary/aromatic N) is 1. The van der Waals surface area contributed by atoms with Crippen molar-refractivity contribution in [3.8, 4) is 5.75 Å². The lowest BCUT2D eigenvalue weighted by molar-refractivity contribution is 0.210. The first-order valence-corrected chi connectivity index (χ1v) is 7.22. The van der Waals surface area contributed by atoms with Gasteiger partial charge in [-0.1, -0.05) is 5.16 Å². The molecule has 108 valence electrons. The number of nitrogen functional groups attached to an aromatic ring is 1. The maximum Gasteiger partial charge on any atom is 0.167 e. The number of hydrogen-bond donors (Lipinski definition) is 2. The van der Waals surface area contributed by atoms with Crippen LogP contribution in [0.4, 0.5) is 5.82 Å². The summed E-state index contributed by atoms with van der Waals surface area (Å²) in [6, 6.07) is 9.57. The van der Waals surface area contributed by atoms with Gasteiger partial charge in [-0.3, -0.25) is 0 Å². The summed E-state index contributed by atoms with van der Waals surface area (Å²) in [5.41, 5.74) is 5.17. The SMILES string of the molecule is Cc1cc(N)no1.Sc1ccc(OC2CCCC2)cc1. The minimum absolute atomic E-state index is 0.442. The van der Waals surface area contributed by atoms with Crippen LogP contribution in [-0.2, 0) is 0 Å². The van der Waals surface area contributed by atoms with Crippen LogP contribution >= 0.6 is 12.6 Å². The van der Waals surface area contributed by atoms with E-state index in [1.54, 1.807) is 13.0 Å². The molecule has 0 aliphatic heterocycles. The van der Waals surface area contributed by atoms with Crippen LogP contribution in [0.15, 0.2) is 39.8 Å². The standard InChI is InChI=1S/C11H14OS.C4H6N2O/c13-11-7-5-10(6-8-11)12-9-3-1-2-4-9;1-3-2-4(5)6-7-3/h5-9,13H,1-4H2;2H,1H3,(H2,5,6). The zero-order valence-electron chi connectivity index (χ0n) is 11.6. The average molecular weight is 292 g/mol. The monoisotopic (exact) mass is 292 g/mol. The van der Waals surface area contributed by atoms with Gasteiger partial charge in [0.15, 0.2) is 5.82 Å². The van der Waals surface area contributed by atoms with Crippen molar-refractivity contribution in [3.05, 3.63) is 36.1 Å². The molecular formula is C15H20N2O2S. The van der Waals surface area contributed by atoms with Crippen LogP contribution in [0, 0.1) is 6.92 Å². The number of rotatable bonds is 2. The highest BCUT2D eigenvalue weighted by atomic mass is 32.1. The van der Waals surface area contributed by atoms with Crippen molar-refractivity contribution in [2.24, 2.45) is 0 Å². The van der Waals surface area contributed by atoms with Gasteiger partial charge in [-0.15, -0.1) is 12.6 Å². The summed E-state index contributed by atoms with van der Waals surface area (Å²) < 4.78 is 10.4. The van der Waals surface area contributed by atoms with Gasteiger partial charge in [-0.2, -0.15) is 0 Å². The van der Waals surface area contributed by atoms with E-state index in [-0.39, 0.29) is 0 Å². The van der Waals surface area contributed by atoms with Crippen LogP contribution in [0.2, 0.25) is 0 Å². The van der Waals surface area contributed by atoms with Crippen molar-refractivity contribution in [1.29, 1.82) is 0 Å². The van der Waals surface area contributed by atoms with E-state index in [2.05, 4.69) is 22.3 Å². The zero-order valence-corrected chi connectivity index (χ0v) is 12.5. The minimum Gasteiger partial charge on any atom is -0.490 e. The number of aromatic nitrogens is 1. The number of hydrogen-bond acceptors (Lipinski definition) is 5. The molecule has 0 saturated heterocycles. The lowest BCUT2D eigenvalue weighted by atomic mass is 10.3. The molecule has 0 unspecified atom stereocenters. The first kappa shape index (κ1) is 14.8. The highest BCUT2D eigenvalue weighted by Crippen LogP contribution is 2.24. The second-order valence-corrected chi connectivity index (χ2v) is 5.40. The molecule has 1 fully saturated rings. The summed E-state index contributed by atoms with van der Waals surface area (Å²) in [5, 5.41) is 3.42. The average Bonchev–Trinajstić information content (AvgIpc) is 3.05. The van der Waals surface area contributed by atoms with E-state index in [0.29, 0.717) is 11.9 Å². The smallest absolute Gasteiger partial charge is 0.167 e. The minimum atomic E-state index is 0.442. The Morgan fingerprint density at radius 2 is 1.90 bits per heavy atom. The third kappa shape index (κ3) is 4.81. The van der Waals surface area contributed by atoms with Crippen molar-refractivity contribution in [2.45, 2.75) is 43.6 Å². The second kappa shape index (κ2) is 7.24. The number of benzene rings is 1. The second-order valence-electron chi connectivity index (χ2n) is 4.88. The Labute approximate surface area is 124 Å². The molecule has 0 spiro atoms. The molecule has 0 atom stereocenters. The molecule has 4 nitrogen and oxygen atoms in total. The van der Waals surface area contributed by atoms with E-state index < -0.39 is 0 Å². The molecule has 1 heterocycles. The van der Waals surface area contributed by atoms with Crippen LogP contribution in [-0.4, -0.2) is 11.3 Å². The summed E-state index contributed by atoms with van der Waals surface area (Å²) in [7, 11) is 0. The fourth-order valence-corrected chi connectivity index (χ4v) is 2.26. The predicted octanol–water partition coefficient (Wildman–Crippen LogP) is 3.86. The lowest BCUT2D eigenvalue weighted by Gasteiger charge is -2.12. The van der Waals surface area contributed by atoms with Crippen molar-refractivity contribution in [3.63, 3.8) is 0 Å². The predicted molar refractivity (Wildman–Crippen MR) is 82.2 cm³/mol. The topological polar surface area (TPSA) is 61.3 Å². The maximum atomic E-state index is 5.80. The number of ether oxygens (including phenoxy) is 1. The molecular weight excluding hydrogens is 272 g/mol. The molecule has 1 aromatic heterocycles. The van der Waals surface area contributed by atoms with Gasteiger partial charge >= 0.3 is 0 Å². The van der Waals surface area contributed by atoms with E-state index in [9.17, 15) is 0 Å². The summed E-state index contributed by atoms with van der Waals surface area (Å²) in [6.07, 6.45) is 5.50. The molecule has 2 N–H and O–H groups in total. The van der Waals surface area contributed by atoms with Crippen molar-refractivity contribution in [1.82, 2.24) is 5.16 Å². The number of thiol groups is 1. The molecule has 1 aromatic carbocycles. The number of nitrogens with two attached hydrogens (primary N) is 1. The molecule has 3 rings (SSSR count). The van der Waals surface area contributed by atoms with Gasteiger partial charge in [0.1, 0.15) is 11.5 Å². The van der Waals surface area contributed by atoms with Crippen molar-refractivity contribution in [2.75, 3.05) is 5.73 Å². The molecule has 0 amide bonds. The molecule has 1 aliphatic rings. The highest BCUT2D eigenvalue weighted by Gasteiger charge is 2.15. The first-order valence-electron chi connectivity index (χ1n) is 6.78. The van der Waals surface area contributed by atoms with Crippen LogP contribution in [0.25, 0.3) is 0 Å². The molecule has 0 bridgehead atoms. The zero-order chi connectivity index (χ0) is 14.4. The van der Waals surface area contributed by atoms with Gasteiger partial charge in [-0.05, 0) is 56.9 Å². The molecule has 2 aromatic rings. The molecule has 5 heteroatoms. The third-order valence-electron chi connectivity index (χ3n) is 3.09. The van der Waals surface area contributed by atoms with Crippen molar-refractivity contribution >= 4 is 18.4 Å². The van der Waals surface area contributed by atoms with E-state index in [4.69, 9.17) is 10.5 Å². The van der Waals surface area contributed by atoms with E-state index in [1.807, 2.05) is 24.3 Å². The first-order chi connectivity index (χ1) is 9.63. The maximum absolute atomic E-state index is 5.80. The Hall–Kier alpha value is -1.62. The molecule has 1 aliphatic carbocycles. The normalized spacial score (nSPS) is 14.7. The van der Waals surface area contributed by atoms with E-state index in [1.165, 1.54) is 25.7 Å². The summed E-state index contributed by atoms with van der Waals surface area (Å²) in [6.45, 7) is 1.80. The molecule has 20 heavy (non-hydrogen) atoms. The van der Waals surface area contributed by atoms with Gasteiger partial charge in [0, 0.05) is 11.0 Å². The van der Waals surface area contributed by atoms with E-state index in [0.717, 1.165) is 16.4 Å². The van der Waals surface area contributed by atoms with Gasteiger partial charge in [-0.25, -0.2) is 0 Å². The van der Waals surface area contributed by atoms with Crippen LogP contribution in [0.5, 0.6) is 5.75 Å². The van der Waals surface area contributed by atoms with Crippen LogP contribution < -0.4 is 10.5 Å². The number of anilines is 1. The Kier molecular flexibility index (Phi) is 5.35. The fraction of sp³-hybridized carbons (Fsp3) is 0.400. The van der Waals surface area contributed by atoms with E-state index >= 15 is 0 Å². The van der Waals surface area contributed by atoms with Gasteiger partial charge in [0.25, 0.3) is 0 Å². The third-order valence-corrected chi connectivity index (χ3v) is 3.39. The van der Waals surface area contributed by atoms with Crippen LogP contribution in [0.1, 0.15) is 31.4 Å². The molecule has 1 saturated carbocycles. The summed E-state index contributed by atoms with van der Waals surface area (Å²) >= 11 is 4.22. The Morgan fingerprint density at radius 1 is 1.25 bits per heavy atom. The Morgan fingerprint density at radius 3 is 2.35 bits per heavy atom. The van der Waals surface area contributed by atoms with Crippen molar-refractivity contribution < 1.29 is 9.26 Å². The number of aryl methyl sites for hydroxylation is 1. The summed E-state index contributed by atoms with van der Waals surface area (Å²) in [4.78, 5) is 0.985. The van der Waals surface area contributed by atoms with Gasteiger partial charge in [0.2, 0.25) is 0 Å². The fourth-order valence-electron chi connectivity index (χ4n) is 2.11. The lowest BCUT2D eigenvalue weighted by Crippen LogP contribution is -2.10. The highest BCUT2D eigenvalue weighted by molar-refractivity contribution is 7.80. The largest absolute Gasteiger partial charge is 0.490 e. The quantitative estimate of drug-likeness (QED) is 0.825. The Bertz CT molecular complexity index is 502. The van der Waals surface area contributed by atoms with Crippen LogP contribution in [0.3, 0.4) is 0 Å². The summed E-state index contributed by atoms with van der Waals surface area (Å²) in [5.74, 6) is 2.17.